The van der Waals surface area contributed by atoms with Gasteiger partial charge in [-0.15, -0.1) is 0 Å². The molecule has 1 saturated heterocycles. The highest BCUT2D eigenvalue weighted by atomic mass is 32.1. The Morgan fingerprint density at radius 1 is 1.33 bits per heavy atom. The molecule has 0 spiro atoms. The van der Waals surface area contributed by atoms with Crippen LogP contribution in [0.25, 0.3) is 10.9 Å². The van der Waals surface area contributed by atoms with Crippen LogP contribution in [0.4, 0.5) is 0 Å². The van der Waals surface area contributed by atoms with Crippen LogP contribution in [0.3, 0.4) is 0 Å². The number of nitrogens with zero attached hydrogens (tertiary/aromatic N) is 1. The zero-order chi connectivity index (χ0) is 19.2. The summed E-state index contributed by atoms with van der Waals surface area (Å²) < 4.78 is 5.42. The highest BCUT2D eigenvalue weighted by Crippen LogP contribution is 2.14. The van der Waals surface area contributed by atoms with Crippen LogP contribution in [-0.2, 0) is 11.3 Å². The number of quaternary nitrogens is 1. The molecule has 0 bridgehead atoms. The summed E-state index contributed by atoms with van der Waals surface area (Å²) in [5.41, 5.74) is 2.70. The van der Waals surface area contributed by atoms with E-state index in [2.05, 4.69) is 21.3 Å². The Morgan fingerprint density at radius 3 is 2.85 bits per heavy atom. The number of aryl methyl sites for hydroxylation is 1. The molecule has 3 rings (SSSR count). The number of hydrogen-bond donors (Lipinski definition) is 3. The maximum Gasteiger partial charge on any atom is 0.253 e. The van der Waals surface area contributed by atoms with Gasteiger partial charge in [-0.25, -0.2) is 0 Å². The van der Waals surface area contributed by atoms with Gasteiger partial charge in [0, 0.05) is 31.1 Å². The Balaban J connectivity index is 1.69. The molecule has 1 aliphatic rings. The van der Waals surface area contributed by atoms with E-state index in [9.17, 15) is 4.79 Å². The number of nitrogens with one attached hydrogen (secondary N) is 3. The number of aromatic amines is 1. The first-order chi connectivity index (χ1) is 13.1. The van der Waals surface area contributed by atoms with Crippen molar-refractivity contribution in [3.63, 3.8) is 0 Å². The molecule has 1 aromatic carbocycles. The second kappa shape index (κ2) is 9.30. The number of benzene rings is 1. The molecule has 0 unspecified atom stereocenters. The first-order valence-corrected chi connectivity index (χ1v) is 9.98. The highest BCUT2D eigenvalue weighted by Gasteiger charge is 2.16. The van der Waals surface area contributed by atoms with Crippen LogP contribution in [0.2, 0.25) is 0 Å². The zero-order valence-electron chi connectivity index (χ0n) is 16.1. The topological polar surface area (TPSA) is 61.8 Å². The third-order valence-corrected chi connectivity index (χ3v) is 5.56. The van der Waals surface area contributed by atoms with Crippen LogP contribution in [0, 0.1) is 6.92 Å². The third kappa shape index (κ3) is 5.28. The fourth-order valence-corrected chi connectivity index (χ4v) is 3.68. The fourth-order valence-electron chi connectivity index (χ4n) is 3.52. The molecule has 0 amide bonds. The van der Waals surface area contributed by atoms with Crippen molar-refractivity contribution >= 4 is 28.2 Å². The number of rotatable bonds is 6. The molecule has 7 heteroatoms. The number of morpholine rings is 1. The van der Waals surface area contributed by atoms with Gasteiger partial charge in [-0.05, 0) is 42.2 Å². The molecular weight excluding hydrogens is 360 g/mol. The van der Waals surface area contributed by atoms with Crippen molar-refractivity contribution in [2.45, 2.75) is 19.9 Å². The van der Waals surface area contributed by atoms with Crippen molar-refractivity contribution < 1.29 is 9.64 Å². The largest absolute Gasteiger partial charge is 0.370 e. The van der Waals surface area contributed by atoms with Crippen LogP contribution in [0.1, 0.15) is 17.5 Å². The van der Waals surface area contributed by atoms with E-state index in [-0.39, 0.29) is 5.56 Å². The molecule has 0 atom stereocenters. The number of aromatic nitrogens is 1. The highest BCUT2D eigenvalue weighted by molar-refractivity contribution is 7.80. The SMILES string of the molecule is CNC(=S)N(CCC[NH+]1CCOCC1)Cc1cc2ccc(C)cc2[nH]c1=O. The average molecular weight is 390 g/mol. The van der Waals surface area contributed by atoms with Gasteiger partial charge in [0.1, 0.15) is 13.1 Å². The van der Waals surface area contributed by atoms with E-state index in [1.165, 1.54) is 0 Å². The second-order valence-corrected chi connectivity index (χ2v) is 7.54. The smallest absolute Gasteiger partial charge is 0.253 e. The molecule has 2 aromatic rings. The molecule has 0 saturated carbocycles. The molecule has 2 heterocycles. The van der Waals surface area contributed by atoms with Crippen molar-refractivity contribution in [3.8, 4) is 0 Å². The number of hydrogen-bond acceptors (Lipinski definition) is 3. The van der Waals surface area contributed by atoms with E-state index in [0.29, 0.717) is 11.7 Å². The molecule has 3 N–H and O–H groups in total. The first kappa shape index (κ1) is 19.8. The van der Waals surface area contributed by atoms with Gasteiger partial charge in [0.05, 0.1) is 26.3 Å². The van der Waals surface area contributed by atoms with Gasteiger partial charge < -0.3 is 24.8 Å². The predicted molar refractivity (Wildman–Crippen MR) is 112 cm³/mol. The molecule has 1 aromatic heterocycles. The van der Waals surface area contributed by atoms with Crippen molar-refractivity contribution in [2.24, 2.45) is 0 Å². The number of fused-ring (bicyclic) bond motifs is 1. The Hall–Kier alpha value is -1.96. The minimum absolute atomic E-state index is 0.0455. The summed E-state index contributed by atoms with van der Waals surface area (Å²) in [6.45, 7) is 8.29. The van der Waals surface area contributed by atoms with Gasteiger partial charge in [-0.3, -0.25) is 4.79 Å². The average Bonchev–Trinajstić information content (AvgIpc) is 2.68. The predicted octanol–water partition coefficient (Wildman–Crippen LogP) is 0.448. The minimum Gasteiger partial charge on any atom is -0.370 e. The Morgan fingerprint density at radius 2 is 2.11 bits per heavy atom. The van der Waals surface area contributed by atoms with E-state index >= 15 is 0 Å². The van der Waals surface area contributed by atoms with Gasteiger partial charge in [0.2, 0.25) is 0 Å². The molecule has 27 heavy (non-hydrogen) atoms. The van der Waals surface area contributed by atoms with Crippen molar-refractivity contribution in [2.75, 3.05) is 46.4 Å². The van der Waals surface area contributed by atoms with Crippen LogP contribution in [0.5, 0.6) is 0 Å². The van der Waals surface area contributed by atoms with E-state index < -0.39 is 0 Å². The standard InChI is InChI=1S/C20H28N4O2S/c1-15-4-5-16-13-17(19(25)22-18(16)12-15)14-24(20(27)21-2)7-3-6-23-8-10-26-11-9-23/h4-5,12-13H,3,6-11,14H2,1-2H3,(H,21,27)(H,22,25)/p+1. The summed E-state index contributed by atoms with van der Waals surface area (Å²) in [6, 6.07) is 8.09. The van der Waals surface area contributed by atoms with Crippen LogP contribution in [0.15, 0.2) is 29.1 Å². The number of thiocarbonyl (C=S) groups is 1. The van der Waals surface area contributed by atoms with Crippen molar-refractivity contribution in [3.05, 3.63) is 45.7 Å². The van der Waals surface area contributed by atoms with Crippen LogP contribution >= 0.6 is 12.2 Å². The number of H-pyrrole nitrogens is 1. The molecule has 1 aliphatic heterocycles. The Labute approximate surface area is 165 Å². The van der Waals surface area contributed by atoms with Gasteiger partial charge in [-0.1, -0.05) is 12.1 Å². The summed E-state index contributed by atoms with van der Waals surface area (Å²) >= 11 is 5.48. The third-order valence-electron chi connectivity index (χ3n) is 5.10. The lowest BCUT2D eigenvalue weighted by Gasteiger charge is -2.27. The number of ether oxygens (including phenoxy) is 1. The van der Waals surface area contributed by atoms with Gasteiger partial charge in [0.15, 0.2) is 5.11 Å². The van der Waals surface area contributed by atoms with Gasteiger partial charge in [-0.2, -0.15) is 0 Å². The molecule has 0 radical (unpaired) electrons. The van der Waals surface area contributed by atoms with Crippen molar-refractivity contribution in [1.82, 2.24) is 15.2 Å². The van der Waals surface area contributed by atoms with E-state index in [1.807, 2.05) is 32.2 Å². The van der Waals surface area contributed by atoms with Crippen LogP contribution in [-0.4, -0.2) is 61.4 Å². The summed E-state index contributed by atoms with van der Waals surface area (Å²) in [7, 11) is 1.83. The monoisotopic (exact) mass is 389 g/mol. The van der Waals surface area contributed by atoms with Crippen LogP contribution < -0.4 is 15.8 Å². The molecule has 146 valence electrons. The Kier molecular flexibility index (Phi) is 6.82. The lowest BCUT2D eigenvalue weighted by molar-refractivity contribution is -0.908. The van der Waals surface area contributed by atoms with E-state index in [0.717, 1.165) is 67.8 Å². The molecular formula is C20H29N4O2S+. The Bertz CT molecular complexity index is 845. The lowest BCUT2D eigenvalue weighted by Crippen LogP contribution is -3.14. The summed E-state index contributed by atoms with van der Waals surface area (Å²) in [6.07, 6.45) is 1.03. The summed E-state index contributed by atoms with van der Waals surface area (Å²) in [5.74, 6) is 0. The lowest BCUT2D eigenvalue weighted by atomic mass is 10.1. The first-order valence-electron chi connectivity index (χ1n) is 9.57. The zero-order valence-corrected chi connectivity index (χ0v) is 17.0. The fraction of sp³-hybridized carbons (Fsp3) is 0.500. The summed E-state index contributed by atoms with van der Waals surface area (Å²) in [5, 5.41) is 4.78. The quantitative estimate of drug-likeness (QED) is 0.626. The maximum atomic E-state index is 12.5. The maximum absolute atomic E-state index is 12.5. The van der Waals surface area contributed by atoms with Gasteiger partial charge >= 0.3 is 0 Å². The van der Waals surface area contributed by atoms with Gasteiger partial charge in [0.25, 0.3) is 5.56 Å². The summed E-state index contributed by atoms with van der Waals surface area (Å²) in [4.78, 5) is 19.2. The normalized spacial score (nSPS) is 15.0. The second-order valence-electron chi connectivity index (χ2n) is 7.16. The molecule has 0 aliphatic carbocycles. The van der Waals surface area contributed by atoms with Crippen molar-refractivity contribution in [1.29, 1.82) is 0 Å². The van der Waals surface area contributed by atoms with E-state index in [1.54, 1.807) is 4.90 Å². The molecule has 6 nitrogen and oxygen atoms in total. The molecule has 1 fully saturated rings. The number of pyridine rings is 1. The minimum atomic E-state index is -0.0455. The van der Waals surface area contributed by atoms with E-state index in [4.69, 9.17) is 17.0 Å².